The van der Waals surface area contributed by atoms with Crippen LogP contribution in [0.15, 0.2) is 6.07 Å². The molecule has 0 fully saturated rings. The summed E-state index contributed by atoms with van der Waals surface area (Å²) in [7, 11) is 0. The summed E-state index contributed by atoms with van der Waals surface area (Å²) >= 11 is 2.99. The van der Waals surface area contributed by atoms with Crippen LogP contribution in [-0.2, 0) is 16.5 Å². The molecule has 0 aromatic carbocycles. The van der Waals surface area contributed by atoms with E-state index in [1.165, 1.54) is 0 Å². The van der Waals surface area contributed by atoms with Gasteiger partial charge in [0.15, 0.2) is 0 Å². The maximum absolute atomic E-state index is 12.8. The molecule has 7 heteroatoms. The van der Waals surface area contributed by atoms with Crippen LogP contribution in [0.3, 0.4) is 0 Å². The molecule has 1 aromatic heterocycles. The lowest BCUT2D eigenvalue weighted by atomic mass is 10.0. The maximum Gasteiger partial charge on any atom is 0.307 e. The number of nitrogens with zero attached hydrogens (tertiary/aromatic N) is 2. The van der Waals surface area contributed by atoms with Crippen LogP contribution in [-0.4, -0.2) is 16.1 Å². The molecule has 1 aromatic rings. The summed E-state index contributed by atoms with van der Waals surface area (Å²) in [5.74, 6) is -1.23. The van der Waals surface area contributed by atoms with E-state index in [1.54, 1.807) is 6.07 Å². The Bertz CT molecular complexity index is 486. The average Bonchev–Trinajstić information content (AvgIpc) is 2.26. The Balaban J connectivity index is 3.41. The zero-order chi connectivity index (χ0) is 13.0. The molecule has 0 amide bonds. The number of nitriles is 1. The highest BCUT2D eigenvalue weighted by molar-refractivity contribution is 9.08. The fraction of sp³-hybridized carbons (Fsp3) is 0.300. The minimum absolute atomic E-state index is 0.00435. The molecule has 0 aliphatic carbocycles. The summed E-state index contributed by atoms with van der Waals surface area (Å²) in [5, 5.41) is 17.4. The fourth-order valence-electron chi connectivity index (χ4n) is 1.40. The molecular formula is C10H7BrF2N2O2. The quantitative estimate of drug-likeness (QED) is 0.867. The number of carboxylic acids is 1. The Hall–Kier alpha value is -1.55. The first-order valence-corrected chi connectivity index (χ1v) is 5.60. The monoisotopic (exact) mass is 304 g/mol. The number of hydrogen-bond acceptors (Lipinski definition) is 3. The molecule has 0 aliphatic heterocycles. The fourth-order valence-corrected chi connectivity index (χ4v) is 1.83. The van der Waals surface area contributed by atoms with Crippen molar-refractivity contribution in [1.29, 1.82) is 5.26 Å². The van der Waals surface area contributed by atoms with Crippen LogP contribution in [0.4, 0.5) is 8.78 Å². The Morgan fingerprint density at radius 2 is 2.29 bits per heavy atom. The Morgan fingerprint density at radius 1 is 1.65 bits per heavy atom. The molecule has 1 rings (SSSR count). The molecule has 0 radical (unpaired) electrons. The summed E-state index contributed by atoms with van der Waals surface area (Å²) in [6.45, 7) is 0. The Labute approximate surface area is 104 Å². The van der Waals surface area contributed by atoms with Crippen molar-refractivity contribution in [2.45, 2.75) is 18.2 Å². The predicted octanol–water partition coefficient (Wildman–Crippen LogP) is 2.41. The number of pyridine rings is 1. The maximum atomic E-state index is 12.8. The molecule has 0 spiro atoms. The van der Waals surface area contributed by atoms with Crippen molar-refractivity contribution in [3.63, 3.8) is 0 Å². The van der Waals surface area contributed by atoms with E-state index in [2.05, 4.69) is 20.9 Å². The molecule has 0 bridgehead atoms. The molecule has 4 nitrogen and oxygen atoms in total. The van der Waals surface area contributed by atoms with Crippen LogP contribution in [0.1, 0.15) is 28.9 Å². The zero-order valence-corrected chi connectivity index (χ0v) is 10.0. The number of halogens is 3. The highest BCUT2D eigenvalue weighted by atomic mass is 79.9. The predicted molar refractivity (Wildman–Crippen MR) is 57.9 cm³/mol. The summed E-state index contributed by atoms with van der Waals surface area (Å²) in [4.78, 5) is 14.3. The Kier molecular flexibility index (Phi) is 4.52. The van der Waals surface area contributed by atoms with Crippen molar-refractivity contribution in [1.82, 2.24) is 4.98 Å². The second-order valence-electron chi connectivity index (χ2n) is 3.14. The zero-order valence-electron chi connectivity index (χ0n) is 8.45. The van der Waals surface area contributed by atoms with Gasteiger partial charge in [-0.25, -0.2) is 13.8 Å². The third-order valence-corrected chi connectivity index (χ3v) is 2.56. The SMILES string of the molecule is N#Cc1cc(CC(=O)O)c(C(F)F)c(CBr)n1. The van der Waals surface area contributed by atoms with Gasteiger partial charge in [0.25, 0.3) is 6.43 Å². The second kappa shape index (κ2) is 5.68. The number of rotatable bonds is 4. The van der Waals surface area contributed by atoms with Crippen LogP contribution in [0, 0.1) is 11.3 Å². The Morgan fingerprint density at radius 3 is 2.71 bits per heavy atom. The number of aromatic nitrogens is 1. The number of carboxylic acid groups (broad SMARTS) is 1. The number of carbonyl (C=O) groups is 1. The van der Waals surface area contributed by atoms with E-state index in [1.807, 2.05) is 0 Å². The van der Waals surface area contributed by atoms with Crippen molar-refractivity contribution in [2.75, 3.05) is 0 Å². The second-order valence-corrected chi connectivity index (χ2v) is 3.70. The van der Waals surface area contributed by atoms with Crippen LogP contribution in [0.2, 0.25) is 0 Å². The van der Waals surface area contributed by atoms with Gasteiger partial charge < -0.3 is 5.11 Å². The highest BCUT2D eigenvalue weighted by Gasteiger charge is 2.21. The van der Waals surface area contributed by atoms with Crippen LogP contribution >= 0.6 is 15.9 Å². The van der Waals surface area contributed by atoms with E-state index in [0.29, 0.717) is 0 Å². The lowest BCUT2D eigenvalue weighted by Gasteiger charge is -2.11. The topological polar surface area (TPSA) is 74.0 Å². The molecule has 0 unspecified atom stereocenters. The highest BCUT2D eigenvalue weighted by Crippen LogP contribution is 2.28. The van der Waals surface area contributed by atoms with Gasteiger partial charge in [0, 0.05) is 10.9 Å². The third kappa shape index (κ3) is 3.20. The van der Waals surface area contributed by atoms with Gasteiger partial charge in [0.2, 0.25) is 0 Å². The average molecular weight is 305 g/mol. The van der Waals surface area contributed by atoms with Gasteiger partial charge >= 0.3 is 5.97 Å². The molecule has 0 saturated heterocycles. The van der Waals surface area contributed by atoms with E-state index in [-0.39, 0.29) is 22.3 Å². The van der Waals surface area contributed by atoms with E-state index in [0.717, 1.165) is 6.07 Å². The normalized spacial score (nSPS) is 10.3. The van der Waals surface area contributed by atoms with Gasteiger partial charge in [-0.2, -0.15) is 5.26 Å². The first-order valence-electron chi connectivity index (χ1n) is 4.48. The molecule has 17 heavy (non-hydrogen) atoms. The molecular weight excluding hydrogens is 298 g/mol. The van der Waals surface area contributed by atoms with Crippen molar-refractivity contribution < 1.29 is 18.7 Å². The van der Waals surface area contributed by atoms with Gasteiger partial charge in [-0.3, -0.25) is 4.79 Å². The van der Waals surface area contributed by atoms with Crippen LogP contribution < -0.4 is 0 Å². The molecule has 90 valence electrons. The van der Waals surface area contributed by atoms with Gasteiger partial charge in [-0.15, -0.1) is 0 Å². The van der Waals surface area contributed by atoms with Gasteiger partial charge in [0.1, 0.15) is 11.8 Å². The standard InChI is InChI=1S/C10H7BrF2N2O2/c11-3-7-9(10(12)13)5(2-8(16)17)1-6(4-14)15-7/h1,10H,2-3H2,(H,16,17). The summed E-state index contributed by atoms with van der Waals surface area (Å²) in [5.41, 5.74) is -0.563. The van der Waals surface area contributed by atoms with Gasteiger partial charge in [-0.05, 0) is 11.6 Å². The first kappa shape index (κ1) is 13.5. The van der Waals surface area contributed by atoms with E-state index in [9.17, 15) is 13.6 Å². The molecule has 0 saturated carbocycles. The molecule has 1 heterocycles. The molecule has 1 N–H and O–H groups in total. The lowest BCUT2D eigenvalue weighted by Crippen LogP contribution is -2.09. The van der Waals surface area contributed by atoms with Crippen molar-refractivity contribution >= 4 is 21.9 Å². The van der Waals surface area contributed by atoms with Crippen molar-refractivity contribution in [3.8, 4) is 6.07 Å². The smallest absolute Gasteiger partial charge is 0.307 e. The van der Waals surface area contributed by atoms with Crippen LogP contribution in [0.25, 0.3) is 0 Å². The van der Waals surface area contributed by atoms with Gasteiger partial charge in [0.05, 0.1) is 12.1 Å². The van der Waals surface area contributed by atoms with Crippen LogP contribution in [0.5, 0.6) is 0 Å². The van der Waals surface area contributed by atoms with Crippen molar-refractivity contribution in [2.24, 2.45) is 0 Å². The first-order chi connectivity index (χ1) is 7.99. The summed E-state index contributed by atoms with van der Waals surface area (Å²) in [6, 6.07) is 2.80. The largest absolute Gasteiger partial charge is 0.481 e. The minimum atomic E-state index is -2.82. The van der Waals surface area contributed by atoms with Crippen molar-refractivity contribution in [3.05, 3.63) is 28.6 Å². The van der Waals surface area contributed by atoms with E-state index < -0.39 is 24.4 Å². The molecule has 0 aliphatic rings. The van der Waals surface area contributed by atoms with E-state index in [4.69, 9.17) is 10.4 Å². The summed E-state index contributed by atoms with van der Waals surface area (Å²) < 4.78 is 25.6. The van der Waals surface area contributed by atoms with Gasteiger partial charge in [-0.1, -0.05) is 15.9 Å². The third-order valence-electron chi connectivity index (χ3n) is 2.02. The number of alkyl halides is 3. The number of hydrogen-bond donors (Lipinski definition) is 1. The lowest BCUT2D eigenvalue weighted by molar-refractivity contribution is -0.136. The van der Waals surface area contributed by atoms with E-state index >= 15 is 0 Å². The molecule has 0 atom stereocenters. The number of aliphatic carboxylic acids is 1. The summed E-state index contributed by atoms with van der Waals surface area (Å²) in [6.07, 6.45) is -3.38. The minimum Gasteiger partial charge on any atom is -0.481 e.